The third-order valence-corrected chi connectivity index (χ3v) is 4.39. The van der Waals surface area contributed by atoms with E-state index in [1.165, 1.54) is 33.6 Å². The highest BCUT2D eigenvalue weighted by molar-refractivity contribution is 6.50. The number of rotatable bonds is 2. The third-order valence-electron chi connectivity index (χ3n) is 4.39. The Bertz CT molecular complexity index is 698. The minimum absolute atomic E-state index is 0.981. The van der Waals surface area contributed by atoms with Crippen LogP contribution in [0, 0.1) is 27.7 Å². The summed E-state index contributed by atoms with van der Waals surface area (Å²) in [7, 11) is -6.00. The smallest absolute Gasteiger partial charge is 0.418 e. The lowest BCUT2D eigenvalue weighted by Crippen LogP contribution is -2.26. The molecule has 142 valence electrons. The Morgan fingerprint density at radius 1 is 0.692 bits per heavy atom. The van der Waals surface area contributed by atoms with Gasteiger partial charge in [0.1, 0.15) is 0 Å². The summed E-state index contributed by atoms with van der Waals surface area (Å²) in [5.74, 6) is 0. The standard InChI is InChI=1S/C19H24N2.BF4/c1-14-5-7-16(3)18(11-14)20-9-10-21(13-20)19-12-15(2)6-8-17(19)4;2-1(3,4)5/h5-8,11-12H,9-10,13H2,1-4H3;/q;-1. The first kappa shape index (κ1) is 20.1. The van der Waals surface area contributed by atoms with Gasteiger partial charge in [-0.1, -0.05) is 24.3 Å². The van der Waals surface area contributed by atoms with E-state index in [4.69, 9.17) is 0 Å². The van der Waals surface area contributed by atoms with Gasteiger partial charge < -0.3 is 27.1 Å². The Labute approximate surface area is 152 Å². The number of hydrogen-bond donors (Lipinski definition) is 0. The van der Waals surface area contributed by atoms with Crippen LogP contribution in [0.2, 0.25) is 0 Å². The third kappa shape index (κ3) is 5.68. The predicted octanol–water partition coefficient (Wildman–Crippen LogP) is 5.50. The van der Waals surface area contributed by atoms with Crippen molar-refractivity contribution >= 4 is 18.6 Å². The zero-order valence-electron chi connectivity index (χ0n) is 15.6. The van der Waals surface area contributed by atoms with Gasteiger partial charge in [-0.15, -0.1) is 0 Å². The molecule has 0 amide bonds. The van der Waals surface area contributed by atoms with Gasteiger partial charge in [0.05, 0.1) is 6.67 Å². The number of hydrogen-bond acceptors (Lipinski definition) is 2. The fraction of sp³-hybridized carbons (Fsp3) is 0.368. The zero-order valence-corrected chi connectivity index (χ0v) is 15.6. The predicted molar refractivity (Wildman–Crippen MR) is 102 cm³/mol. The first-order valence-electron chi connectivity index (χ1n) is 8.56. The molecular formula is C19H24BF4N2-. The molecule has 1 aliphatic heterocycles. The van der Waals surface area contributed by atoms with Gasteiger partial charge in [-0.05, 0) is 62.1 Å². The molecule has 2 aromatic carbocycles. The molecule has 2 aromatic rings. The largest absolute Gasteiger partial charge is 0.673 e. The molecule has 3 rings (SSSR count). The van der Waals surface area contributed by atoms with Gasteiger partial charge in [0, 0.05) is 24.5 Å². The van der Waals surface area contributed by atoms with Gasteiger partial charge in [0.25, 0.3) is 0 Å². The molecule has 0 spiro atoms. The van der Waals surface area contributed by atoms with E-state index in [2.05, 4.69) is 73.9 Å². The molecule has 1 saturated heterocycles. The summed E-state index contributed by atoms with van der Waals surface area (Å²) in [6.45, 7) is 11.9. The summed E-state index contributed by atoms with van der Waals surface area (Å²) >= 11 is 0. The van der Waals surface area contributed by atoms with E-state index < -0.39 is 7.25 Å². The van der Waals surface area contributed by atoms with Crippen LogP contribution in [0.5, 0.6) is 0 Å². The quantitative estimate of drug-likeness (QED) is 0.511. The highest BCUT2D eigenvalue weighted by atomic mass is 19.5. The maximum Gasteiger partial charge on any atom is 0.673 e. The Hall–Kier alpha value is -2.18. The van der Waals surface area contributed by atoms with Crippen molar-refractivity contribution in [3.8, 4) is 0 Å². The van der Waals surface area contributed by atoms with Crippen LogP contribution < -0.4 is 9.80 Å². The maximum atomic E-state index is 9.75. The molecule has 1 aliphatic rings. The number of benzene rings is 2. The van der Waals surface area contributed by atoms with Crippen molar-refractivity contribution in [1.82, 2.24) is 0 Å². The molecule has 0 radical (unpaired) electrons. The SMILES string of the molecule is Cc1ccc(C)c(N2CCN(c3cc(C)ccc3C)C2)c1.F[B-](F)(F)F. The zero-order chi connectivity index (χ0) is 19.5. The molecule has 0 unspecified atom stereocenters. The van der Waals surface area contributed by atoms with Crippen LogP contribution in [-0.2, 0) is 0 Å². The highest BCUT2D eigenvalue weighted by Crippen LogP contribution is 2.28. The molecule has 1 fully saturated rings. The fourth-order valence-electron chi connectivity index (χ4n) is 3.10. The molecule has 2 nitrogen and oxygen atoms in total. The monoisotopic (exact) mass is 367 g/mol. The minimum atomic E-state index is -6.00. The van der Waals surface area contributed by atoms with Crippen LogP contribution in [-0.4, -0.2) is 27.0 Å². The van der Waals surface area contributed by atoms with Crippen molar-refractivity contribution in [2.24, 2.45) is 0 Å². The average molecular weight is 367 g/mol. The number of anilines is 2. The van der Waals surface area contributed by atoms with Crippen molar-refractivity contribution in [2.45, 2.75) is 27.7 Å². The fourth-order valence-corrected chi connectivity index (χ4v) is 3.10. The molecule has 26 heavy (non-hydrogen) atoms. The van der Waals surface area contributed by atoms with Gasteiger partial charge in [-0.3, -0.25) is 0 Å². The van der Waals surface area contributed by atoms with Crippen molar-refractivity contribution in [1.29, 1.82) is 0 Å². The first-order valence-corrected chi connectivity index (χ1v) is 8.56. The minimum Gasteiger partial charge on any atom is -0.418 e. The van der Waals surface area contributed by atoms with Crippen molar-refractivity contribution < 1.29 is 17.3 Å². The van der Waals surface area contributed by atoms with Gasteiger partial charge in [0.15, 0.2) is 0 Å². The molecule has 0 bridgehead atoms. The summed E-state index contributed by atoms with van der Waals surface area (Å²) in [4.78, 5) is 4.98. The summed E-state index contributed by atoms with van der Waals surface area (Å²) in [5, 5.41) is 0. The topological polar surface area (TPSA) is 6.48 Å². The van der Waals surface area contributed by atoms with Crippen LogP contribution in [0.1, 0.15) is 22.3 Å². The Morgan fingerprint density at radius 3 is 1.38 bits per heavy atom. The maximum absolute atomic E-state index is 9.75. The first-order chi connectivity index (χ1) is 12.0. The second-order valence-electron chi connectivity index (χ2n) is 6.74. The lowest BCUT2D eigenvalue weighted by Gasteiger charge is -2.24. The molecule has 0 saturated carbocycles. The van der Waals surface area contributed by atoms with Crippen molar-refractivity contribution in [2.75, 3.05) is 29.6 Å². The number of nitrogens with zero attached hydrogens (tertiary/aromatic N) is 2. The van der Waals surface area contributed by atoms with Gasteiger partial charge in [0.2, 0.25) is 0 Å². The number of aryl methyl sites for hydroxylation is 4. The lowest BCUT2D eigenvalue weighted by molar-refractivity contribution is 0.368. The van der Waals surface area contributed by atoms with Crippen molar-refractivity contribution in [3.63, 3.8) is 0 Å². The molecule has 0 N–H and O–H groups in total. The Kier molecular flexibility index (Phi) is 6.21. The van der Waals surface area contributed by atoms with E-state index in [9.17, 15) is 17.3 Å². The normalized spacial score (nSPS) is 14.3. The van der Waals surface area contributed by atoms with Gasteiger partial charge >= 0.3 is 7.25 Å². The second-order valence-corrected chi connectivity index (χ2v) is 6.74. The van der Waals surface area contributed by atoms with Crippen LogP contribution in [0.3, 0.4) is 0 Å². The van der Waals surface area contributed by atoms with Crippen molar-refractivity contribution in [3.05, 3.63) is 58.7 Å². The Morgan fingerprint density at radius 2 is 1.04 bits per heavy atom. The van der Waals surface area contributed by atoms with E-state index in [1.807, 2.05) is 0 Å². The molecular weight excluding hydrogens is 343 g/mol. The van der Waals surface area contributed by atoms with Crippen LogP contribution in [0.15, 0.2) is 36.4 Å². The molecule has 0 aromatic heterocycles. The van der Waals surface area contributed by atoms with Gasteiger partial charge in [-0.25, -0.2) is 0 Å². The van der Waals surface area contributed by atoms with E-state index in [0.29, 0.717) is 0 Å². The van der Waals surface area contributed by atoms with Crippen LogP contribution in [0.25, 0.3) is 0 Å². The van der Waals surface area contributed by atoms with Crippen LogP contribution >= 0.6 is 0 Å². The Balaban J connectivity index is 0.000000431. The molecule has 0 aliphatic carbocycles. The lowest BCUT2D eigenvalue weighted by atomic mass is 10.1. The van der Waals surface area contributed by atoms with Gasteiger partial charge in [-0.2, -0.15) is 0 Å². The average Bonchev–Trinajstić information content (AvgIpc) is 3.00. The van der Waals surface area contributed by atoms with E-state index in [0.717, 1.165) is 19.8 Å². The van der Waals surface area contributed by atoms with Crippen LogP contribution in [0.4, 0.5) is 28.6 Å². The summed E-state index contributed by atoms with van der Waals surface area (Å²) in [5.41, 5.74) is 8.15. The summed E-state index contributed by atoms with van der Waals surface area (Å²) in [6.07, 6.45) is 0. The second kappa shape index (κ2) is 8.02. The van der Waals surface area contributed by atoms with E-state index in [-0.39, 0.29) is 0 Å². The molecule has 1 heterocycles. The summed E-state index contributed by atoms with van der Waals surface area (Å²) < 4.78 is 39.0. The molecule has 0 atom stereocenters. The molecule has 7 heteroatoms. The van der Waals surface area contributed by atoms with E-state index in [1.54, 1.807) is 0 Å². The number of halogens is 4. The van der Waals surface area contributed by atoms with E-state index >= 15 is 0 Å². The summed E-state index contributed by atoms with van der Waals surface area (Å²) in [6, 6.07) is 13.5. The highest BCUT2D eigenvalue weighted by Gasteiger charge is 2.22.